The van der Waals surface area contributed by atoms with E-state index in [4.69, 9.17) is 14.2 Å². The lowest BCUT2D eigenvalue weighted by Gasteiger charge is -2.32. The number of hydrogen-bond donors (Lipinski definition) is 0. The summed E-state index contributed by atoms with van der Waals surface area (Å²) in [6.45, 7) is 7.53. The van der Waals surface area contributed by atoms with Crippen LogP contribution < -0.4 is 0 Å². The van der Waals surface area contributed by atoms with E-state index in [9.17, 15) is 23.2 Å². The Labute approximate surface area is 251 Å². The number of nitrogens with zero attached hydrogens (tertiary/aromatic N) is 1. The first-order valence-electron chi connectivity index (χ1n) is 14.0. The third kappa shape index (κ3) is 10.8. The summed E-state index contributed by atoms with van der Waals surface area (Å²) < 4.78 is 44.7. The zero-order valence-corrected chi connectivity index (χ0v) is 25.4. The van der Waals surface area contributed by atoms with Crippen LogP contribution in [-0.4, -0.2) is 53.4 Å². The molecule has 0 aliphatic carbocycles. The van der Waals surface area contributed by atoms with Crippen LogP contribution in [-0.2, 0) is 36.8 Å². The van der Waals surface area contributed by atoms with Gasteiger partial charge in [0.1, 0.15) is 29.7 Å². The maximum atomic E-state index is 14.8. The molecule has 1 unspecified atom stereocenters. The number of ether oxygens (including phenoxy) is 3. The Kier molecular flexibility index (Phi) is 11.0. The Morgan fingerprint density at radius 1 is 0.791 bits per heavy atom. The van der Waals surface area contributed by atoms with E-state index < -0.39 is 41.4 Å². The summed E-state index contributed by atoms with van der Waals surface area (Å²) in [7, 11) is 1.32. The molecule has 0 aromatic heterocycles. The zero-order chi connectivity index (χ0) is 31.8. The van der Waals surface area contributed by atoms with Gasteiger partial charge in [-0.2, -0.15) is 0 Å². The Bertz CT molecular complexity index is 1360. The van der Waals surface area contributed by atoms with Crippen LogP contribution in [0.3, 0.4) is 0 Å². The number of halogens is 2. The first-order chi connectivity index (χ1) is 20.1. The van der Waals surface area contributed by atoms with Crippen LogP contribution in [0, 0.1) is 5.82 Å². The van der Waals surface area contributed by atoms with Gasteiger partial charge in [0.2, 0.25) is 6.10 Å². The molecule has 1 amide bonds. The topological polar surface area (TPSA) is 82.1 Å². The van der Waals surface area contributed by atoms with Crippen molar-refractivity contribution in [2.75, 3.05) is 7.05 Å². The predicted octanol–water partition coefficient (Wildman–Crippen LogP) is 7.06. The molecular weight excluding hydrogens is 556 g/mol. The Morgan fingerprint density at radius 2 is 1.35 bits per heavy atom. The molecule has 230 valence electrons. The number of likely N-dealkylation sites (N-methyl/N-ethyl adjacent to an activating group) is 1. The second kappa shape index (κ2) is 14.3. The van der Waals surface area contributed by atoms with Gasteiger partial charge in [-0.15, -0.1) is 0 Å². The number of hydrogen-bond acceptors (Lipinski definition) is 6. The van der Waals surface area contributed by atoms with Gasteiger partial charge in [0, 0.05) is 19.9 Å². The SMILES string of the molecule is CN(C(=O)OC(C)(C)C)[C@@H](CC(C)(C)F)C(=O)OC(Cc1ccc(-c2ccc(F)cc2)cc1)C(=O)OCc1ccccc1. The van der Waals surface area contributed by atoms with Crippen LogP contribution in [0.4, 0.5) is 13.6 Å². The van der Waals surface area contributed by atoms with Gasteiger partial charge in [-0.05, 0) is 69.0 Å². The molecule has 9 heteroatoms. The fourth-order valence-electron chi connectivity index (χ4n) is 4.20. The van der Waals surface area contributed by atoms with Crippen molar-refractivity contribution < 1.29 is 37.4 Å². The van der Waals surface area contributed by atoms with E-state index in [0.717, 1.165) is 21.6 Å². The minimum absolute atomic E-state index is 0.0368. The van der Waals surface area contributed by atoms with Crippen LogP contribution in [0.5, 0.6) is 0 Å². The lowest BCUT2D eigenvalue weighted by atomic mass is 9.99. The normalized spacial score (nSPS) is 13.0. The van der Waals surface area contributed by atoms with Crippen LogP contribution in [0.25, 0.3) is 11.1 Å². The number of carbonyl (C=O) groups excluding carboxylic acids is 3. The maximum Gasteiger partial charge on any atom is 0.410 e. The molecule has 2 atom stereocenters. The van der Waals surface area contributed by atoms with Gasteiger partial charge in [0.25, 0.3) is 0 Å². The molecule has 7 nitrogen and oxygen atoms in total. The van der Waals surface area contributed by atoms with Crippen molar-refractivity contribution in [2.24, 2.45) is 0 Å². The molecule has 0 aliphatic heterocycles. The van der Waals surface area contributed by atoms with Crippen LogP contribution in [0.1, 0.15) is 52.2 Å². The molecule has 0 spiro atoms. The highest BCUT2D eigenvalue weighted by Gasteiger charge is 2.38. The molecule has 0 fully saturated rings. The fraction of sp³-hybridized carbons (Fsp3) is 0.382. The lowest BCUT2D eigenvalue weighted by Crippen LogP contribution is -2.49. The summed E-state index contributed by atoms with van der Waals surface area (Å²) in [6, 6.07) is 20.8. The molecule has 0 heterocycles. The van der Waals surface area contributed by atoms with Crippen molar-refractivity contribution in [3.63, 3.8) is 0 Å². The summed E-state index contributed by atoms with van der Waals surface area (Å²) in [6.07, 6.45) is -2.64. The van der Waals surface area contributed by atoms with Gasteiger partial charge < -0.3 is 14.2 Å². The third-order valence-corrected chi connectivity index (χ3v) is 6.40. The molecule has 0 bridgehead atoms. The molecular formula is C34H39F2NO6. The number of benzene rings is 3. The molecule has 3 aromatic rings. The number of esters is 2. The van der Waals surface area contributed by atoms with Crippen molar-refractivity contribution in [2.45, 2.75) is 77.5 Å². The van der Waals surface area contributed by atoms with Gasteiger partial charge in [-0.3, -0.25) is 4.90 Å². The summed E-state index contributed by atoms with van der Waals surface area (Å²) in [5.74, 6) is -2.10. The second-order valence-corrected chi connectivity index (χ2v) is 12.0. The van der Waals surface area contributed by atoms with Crippen molar-refractivity contribution >= 4 is 18.0 Å². The van der Waals surface area contributed by atoms with Gasteiger partial charge >= 0.3 is 18.0 Å². The average molecular weight is 596 g/mol. The Hall–Kier alpha value is -4.27. The van der Waals surface area contributed by atoms with E-state index in [2.05, 4.69) is 0 Å². The maximum absolute atomic E-state index is 14.8. The number of amides is 1. The number of carbonyl (C=O) groups is 3. The van der Waals surface area contributed by atoms with E-state index in [0.29, 0.717) is 5.56 Å². The van der Waals surface area contributed by atoms with Crippen molar-refractivity contribution in [1.82, 2.24) is 4.90 Å². The van der Waals surface area contributed by atoms with Gasteiger partial charge in [-0.1, -0.05) is 66.7 Å². The highest BCUT2D eigenvalue weighted by molar-refractivity contribution is 5.85. The molecule has 43 heavy (non-hydrogen) atoms. The smallest absolute Gasteiger partial charge is 0.410 e. The molecule has 0 saturated carbocycles. The first-order valence-corrected chi connectivity index (χ1v) is 14.0. The monoisotopic (exact) mass is 595 g/mol. The first kappa shape index (κ1) is 33.2. The minimum Gasteiger partial charge on any atom is -0.458 e. The van der Waals surface area contributed by atoms with Gasteiger partial charge in [0.05, 0.1) is 0 Å². The van der Waals surface area contributed by atoms with Gasteiger partial charge in [-0.25, -0.2) is 23.2 Å². The van der Waals surface area contributed by atoms with E-state index in [1.807, 2.05) is 18.2 Å². The van der Waals surface area contributed by atoms with Crippen LogP contribution in [0.2, 0.25) is 0 Å². The molecule has 3 aromatic carbocycles. The van der Waals surface area contributed by atoms with E-state index >= 15 is 0 Å². The highest BCUT2D eigenvalue weighted by Crippen LogP contribution is 2.24. The molecule has 0 radical (unpaired) electrons. The fourth-order valence-corrected chi connectivity index (χ4v) is 4.20. The quantitative estimate of drug-likeness (QED) is 0.174. The third-order valence-electron chi connectivity index (χ3n) is 6.40. The van der Waals surface area contributed by atoms with Crippen LogP contribution >= 0.6 is 0 Å². The summed E-state index contributed by atoms with van der Waals surface area (Å²) in [5, 5.41) is 0. The molecule has 3 rings (SSSR count). The van der Waals surface area contributed by atoms with Crippen molar-refractivity contribution in [3.05, 3.63) is 95.8 Å². The minimum atomic E-state index is -1.85. The zero-order valence-electron chi connectivity index (χ0n) is 25.4. The van der Waals surface area contributed by atoms with Crippen LogP contribution in [0.15, 0.2) is 78.9 Å². The Balaban J connectivity index is 1.84. The lowest BCUT2D eigenvalue weighted by molar-refractivity contribution is -0.172. The molecule has 0 aliphatic rings. The Morgan fingerprint density at radius 3 is 1.88 bits per heavy atom. The van der Waals surface area contributed by atoms with Crippen molar-refractivity contribution in [3.8, 4) is 11.1 Å². The molecule has 0 saturated heterocycles. The molecule has 0 N–H and O–H groups in total. The predicted molar refractivity (Wildman–Crippen MR) is 159 cm³/mol. The average Bonchev–Trinajstić information content (AvgIpc) is 2.94. The highest BCUT2D eigenvalue weighted by atomic mass is 19.1. The van der Waals surface area contributed by atoms with E-state index in [1.165, 1.54) is 33.0 Å². The number of rotatable bonds is 11. The van der Waals surface area contributed by atoms with Gasteiger partial charge in [0.15, 0.2) is 0 Å². The standard InChI is InChI=1S/C34H39F2NO6/c1-33(2,3)43-32(40)37(6)28(21-34(4,5)36)30(38)42-29(31(39)41-22-24-10-8-7-9-11-24)20-23-12-14-25(15-13-23)26-16-18-27(35)19-17-26/h7-19,28-29H,20-22H2,1-6H3/t28-,29?/m0/s1. The second-order valence-electron chi connectivity index (χ2n) is 12.0. The summed E-state index contributed by atoms with van der Waals surface area (Å²) >= 11 is 0. The largest absolute Gasteiger partial charge is 0.458 e. The van der Waals surface area contributed by atoms with E-state index in [-0.39, 0.29) is 25.3 Å². The summed E-state index contributed by atoms with van der Waals surface area (Å²) in [4.78, 5) is 40.5. The summed E-state index contributed by atoms with van der Waals surface area (Å²) in [5.41, 5.74) is 0.330. The number of alkyl halides is 1. The van der Waals surface area contributed by atoms with Crippen molar-refractivity contribution in [1.29, 1.82) is 0 Å². The van der Waals surface area contributed by atoms with E-state index in [1.54, 1.807) is 69.3 Å².